The van der Waals surface area contributed by atoms with Crippen molar-refractivity contribution in [1.82, 2.24) is 9.62 Å². The normalized spacial score (nSPS) is 12.5. The van der Waals surface area contributed by atoms with Crippen molar-refractivity contribution < 1.29 is 13.2 Å². The summed E-state index contributed by atoms with van der Waals surface area (Å²) in [5, 5.41) is 3.34. The molecular weight excluding hydrogens is 512 g/mol. The lowest BCUT2D eigenvalue weighted by atomic mass is 10.1. The Hall–Kier alpha value is -2.19. The smallest absolute Gasteiger partial charge is 0.243 e. The lowest BCUT2D eigenvalue weighted by molar-refractivity contribution is -0.122. The number of nitrogens with one attached hydrogen (secondary N) is 1. The van der Waals surface area contributed by atoms with E-state index in [0.717, 1.165) is 21.2 Å². The highest BCUT2D eigenvalue weighted by molar-refractivity contribution is 9.10. The SMILES string of the molecule is Cc1ccccc1CN(CC(=O)NC(C)c1cccc(Br)c1)S(=O)(=O)c1ccc(Cl)cc1. The molecule has 0 spiro atoms. The van der Waals surface area contributed by atoms with E-state index in [-0.39, 0.29) is 29.9 Å². The molecular formula is C24H24BrClN2O3S. The Morgan fingerprint density at radius 2 is 1.75 bits per heavy atom. The van der Waals surface area contributed by atoms with Crippen molar-refractivity contribution in [3.8, 4) is 0 Å². The van der Waals surface area contributed by atoms with Gasteiger partial charge < -0.3 is 5.32 Å². The van der Waals surface area contributed by atoms with Gasteiger partial charge in [0.1, 0.15) is 0 Å². The molecule has 3 aromatic rings. The fourth-order valence-corrected chi connectivity index (χ4v) is 5.18. The van der Waals surface area contributed by atoms with Crippen molar-refractivity contribution in [2.45, 2.75) is 31.3 Å². The van der Waals surface area contributed by atoms with E-state index in [1.165, 1.54) is 28.6 Å². The zero-order valence-corrected chi connectivity index (χ0v) is 20.9. The summed E-state index contributed by atoms with van der Waals surface area (Å²) in [5.41, 5.74) is 2.70. The highest BCUT2D eigenvalue weighted by atomic mass is 79.9. The van der Waals surface area contributed by atoms with Crippen molar-refractivity contribution in [3.63, 3.8) is 0 Å². The van der Waals surface area contributed by atoms with Crippen molar-refractivity contribution in [3.05, 3.63) is 99.0 Å². The molecule has 1 N–H and O–H groups in total. The Morgan fingerprint density at radius 3 is 2.41 bits per heavy atom. The molecule has 0 aliphatic rings. The van der Waals surface area contributed by atoms with Crippen LogP contribution in [0.5, 0.6) is 0 Å². The van der Waals surface area contributed by atoms with Gasteiger partial charge in [-0.2, -0.15) is 4.31 Å². The van der Waals surface area contributed by atoms with E-state index in [1.54, 1.807) is 0 Å². The molecule has 0 saturated heterocycles. The van der Waals surface area contributed by atoms with Crippen molar-refractivity contribution in [2.24, 2.45) is 0 Å². The molecule has 0 heterocycles. The lowest BCUT2D eigenvalue weighted by Gasteiger charge is -2.24. The Morgan fingerprint density at radius 1 is 1.06 bits per heavy atom. The quantitative estimate of drug-likeness (QED) is 0.415. The van der Waals surface area contributed by atoms with Gasteiger partial charge >= 0.3 is 0 Å². The van der Waals surface area contributed by atoms with Crippen LogP contribution >= 0.6 is 27.5 Å². The minimum Gasteiger partial charge on any atom is -0.348 e. The molecule has 0 aromatic heterocycles. The zero-order valence-electron chi connectivity index (χ0n) is 17.8. The minimum absolute atomic E-state index is 0.0797. The van der Waals surface area contributed by atoms with E-state index in [1.807, 2.05) is 62.4 Å². The summed E-state index contributed by atoms with van der Waals surface area (Å²) >= 11 is 9.36. The molecule has 32 heavy (non-hydrogen) atoms. The van der Waals surface area contributed by atoms with Gasteiger partial charge in [0.05, 0.1) is 17.5 Å². The molecule has 3 aromatic carbocycles. The van der Waals surface area contributed by atoms with Crippen LogP contribution in [0.15, 0.2) is 82.2 Å². The van der Waals surface area contributed by atoms with Gasteiger partial charge in [0.25, 0.3) is 0 Å². The summed E-state index contributed by atoms with van der Waals surface area (Å²) in [6.07, 6.45) is 0. The monoisotopic (exact) mass is 534 g/mol. The number of hydrogen-bond acceptors (Lipinski definition) is 3. The van der Waals surface area contributed by atoms with Crippen molar-refractivity contribution >= 4 is 43.5 Å². The van der Waals surface area contributed by atoms with Crippen LogP contribution in [0.3, 0.4) is 0 Å². The number of amides is 1. The van der Waals surface area contributed by atoms with E-state index < -0.39 is 10.0 Å². The van der Waals surface area contributed by atoms with Gasteiger partial charge in [-0.3, -0.25) is 4.79 Å². The number of aryl methyl sites for hydroxylation is 1. The molecule has 168 valence electrons. The lowest BCUT2D eigenvalue weighted by Crippen LogP contribution is -2.41. The molecule has 0 radical (unpaired) electrons. The average molecular weight is 536 g/mol. The van der Waals surface area contributed by atoms with Crippen molar-refractivity contribution in [2.75, 3.05) is 6.54 Å². The predicted octanol–water partition coefficient (Wildman–Crippen LogP) is 5.48. The van der Waals surface area contributed by atoms with Crippen LogP contribution in [0.2, 0.25) is 5.02 Å². The van der Waals surface area contributed by atoms with Gasteiger partial charge in [-0.15, -0.1) is 0 Å². The maximum Gasteiger partial charge on any atom is 0.243 e. The maximum absolute atomic E-state index is 13.4. The van der Waals surface area contributed by atoms with Crippen LogP contribution in [-0.4, -0.2) is 25.2 Å². The number of benzene rings is 3. The highest BCUT2D eigenvalue weighted by Crippen LogP contribution is 2.22. The molecule has 8 heteroatoms. The summed E-state index contributed by atoms with van der Waals surface area (Å²) in [6, 6.07) is 20.8. The maximum atomic E-state index is 13.4. The van der Waals surface area contributed by atoms with E-state index in [0.29, 0.717) is 5.02 Å². The first-order valence-electron chi connectivity index (χ1n) is 10.0. The van der Waals surface area contributed by atoms with Crippen LogP contribution in [0.4, 0.5) is 0 Å². The second-order valence-corrected chi connectivity index (χ2v) is 10.8. The van der Waals surface area contributed by atoms with Gasteiger partial charge in [-0.05, 0) is 66.9 Å². The number of carbonyl (C=O) groups excluding carboxylic acids is 1. The summed E-state index contributed by atoms with van der Waals surface area (Å²) in [6.45, 7) is 3.55. The summed E-state index contributed by atoms with van der Waals surface area (Å²) < 4.78 is 28.9. The molecule has 0 aliphatic carbocycles. The summed E-state index contributed by atoms with van der Waals surface area (Å²) in [7, 11) is -3.93. The molecule has 5 nitrogen and oxygen atoms in total. The summed E-state index contributed by atoms with van der Waals surface area (Å²) in [5.74, 6) is -0.386. The fraction of sp³-hybridized carbons (Fsp3) is 0.208. The van der Waals surface area contributed by atoms with Crippen LogP contribution in [0.1, 0.15) is 29.7 Å². The molecule has 3 rings (SSSR count). The Labute approximate surface area is 202 Å². The van der Waals surface area contributed by atoms with E-state index >= 15 is 0 Å². The number of halogens is 2. The number of carbonyl (C=O) groups is 1. The van der Waals surface area contributed by atoms with Crippen molar-refractivity contribution in [1.29, 1.82) is 0 Å². The first kappa shape index (κ1) is 24.5. The third kappa shape index (κ3) is 6.19. The third-order valence-electron chi connectivity index (χ3n) is 5.11. The summed E-state index contributed by atoms with van der Waals surface area (Å²) in [4.78, 5) is 13.0. The molecule has 0 fully saturated rings. The van der Waals surface area contributed by atoms with Crippen LogP contribution < -0.4 is 5.32 Å². The van der Waals surface area contributed by atoms with Gasteiger partial charge in [0, 0.05) is 16.0 Å². The second kappa shape index (κ2) is 10.6. The molecule has 0 bridgehead atoms. The zero-order chi connectivity index (χ0) is 23.3. The first-order valence-corrected chi connectivity index (χ1v) is 12.6. The van der Waals surface area contributed by atoms with Gasteiger partial charge in [0.2, 0.25) is 15.9 Å². The molecule has 1 unspecified atom stereocenters. The molecule has 0 saturated carbocycles. The Kier molecular flexibility index (Phi) is 8.11. The van der Waals surface area contributed by atoms with Gasteiger partial charge in [0.15, 0.2) is 0 Å². The largest absolute Gasteiger partial charge is 0.348 e. The van der Waals surface area contributed by atoms with Gasteiger partial charge in [-0.25, -0.2) is 8.42 Å². The predicted molar refractivity (Wildman–Crippen MR) is 131 cm³/mol. The van der Waals surface area contributed by atoms with E-state index in [9.17, 15) is 13.2 Å². The molecule has 1 amide bonds. The third-order valence-corrected chi connectivity index (χ3v) is 7.66. The first-order chi connectivity index (χ1) is 15.2. The number of hydrogen-bond donors (Lipinski definition) is 1. The van der Waals surface area contributed by atoms with Crippen LogP contribution in [0, 0.1) is 6.92 Å². The minimum atomic E-state index is -3.93. The fourth-order valence-electron chi connectivity index (χ4n) is 3.27. The van der Waals surface area contributed by atoms with Crippen LogP contribution in [-0.2, 0) is 21.4 Å². The van der Waals surface area contributed by atoms with E-state index in [4.69, 9.17) is 11.6 Å². The molecule has 1 atom stereocenters. The molecule has 0 aliphatic heterocycles. The number of sulfonamides is 1. The second-order valence-electron chi connectivity index (χ2n) is 7.50. The Bertz CT molecular complexity index is 1200. The van der Waals surface area contributed by atoms with Crippen LogP contribution in [0.25, 0.3) is 0 Å². The Balaban J connectivity index is 1.85. The number of nitrogens with zero attached hydrogens (tertiary/aromatic N) is 1. The highest BCUT2D eigenvalue weighted by Gasteiger charge is 2.28. The number of rotatable bonds is 8. The standard InChI is InChI=1S/C24H24BrClN2O3S/c1-17-6-3-4-7-20(17)15-28(32(30,31)23-12-10-22(26)11-13-23)16-24(29)27-18(2)19-8-5-9-21(25)14-19/h3-14,18H,15-16H2,1-2H3,(H,27,29). The van der Waals surface area contributed by atoms with Gasteiger partial charge in [-0.1, -0.05) is 63.9 Å². The average Bonchev–Trinajstić information content (AvgIpc) is 2.75. The van der Waals surface area contributed by atoms with E-state index in [2.05, 4.69) is 21.2 Å². The topological polar surface area (TPSA) is 66.5 Å².